The van der Waals surface area contributed by atoms with Gasteiger partial charge in [0.25, 0.3) is 0 Å². The highest BCUT2D eigenvalue weighted by molar-refractivity contribution is 5.82. The van der Waals surface area contributed by atoms with E-state index in [-0.39, 0.29) is 24.3 Å². The first kappa shape index (κ1) is 20.7. The van der Waals surface area contributed by atoms with Gasteiger partial charge in [0.2, 0.25) is 17.7 Å². The van der Waals surface area contributed by atoms with Gasteiger partial charge >= 0.3 is 0 Å². The molecular weight excluding hydrogens is 394 g/mol. The Labute approximate surface area is 180 Å². The van der Waals surface area contributed by atoms with Crippen molar-refractivity contribution in [3.63, 3.8) is 0 Å². The topological polar surface area (TPSA) is 100 Å². The Morgan fingerprint density at radius 1 is 1.10 bits per heavy atom. The van der Waals surface area contributed by atoms with Crippen LogP contribution in [0.25, 0.3) is 0 Å². The zero-order valence-corrected chi connectivity index (χ0v) is 17.4. The van der Waals surface area contributed by atoms with E-state index in [0.29, 0.717) is 37.8 Å². The lowest BCUT2D eigenvalue weighted by molar-refractivity contribution is -0.127. The minimum atomic E-state index is -0.315. The van der Waals surface area contributed by atoms with Crippen molar-refractivity contribution < 1.29 is 14.1 Å². The molecule has 3 aromatic rings. The third-order valence-electron chi connectivity index (χ3n) is 5.39. The Kier molecular flexibility index (Phi) is 6.37. The van der Waals surface area contributed by atoms with Gasteiger partial charge in [-0.25, -0.2) is 0 Å². The first-order valence-electron chi connectivity index (χ1n) is 10.3. The van der Waals surface area contributed by atoms with Crippen LogP contribution in [-0.2, 0) is 42.1 Å². The number of nitrogens with zero attached hydrogens (tertiary/aromatic N) is 3. The first-order chi connectivity index (χ1) is 15.1. The van der Waals surface area contributed by atoms with E-state index in [0.717, 1.165) is 5.56 Å². The number of aromatic nitrogens is 2. The normalized spacial score (nSPS) is 15.8. The lowest BCUT2D eigenvalue weighted by Crippen LogP contribution is -2.49. The van der Waals surface area contributed by atoms with Crippen LogP contribution in [0.4, 0.5) is 0 Å². The molecule has 160 valence electrons. The highest BCUT2D eigenvalue weighted by Crippen LogP contribution is 2.24. The molecule has 0 saturated carbocycles. The molecular formula is C23H25N5O3. The van der Waals surface area contributed by atoms with Gasteiger partial charge in [-0.05, 0) is 23.1 Å². The minimum Gasteiger partial charge on any atom is -0.358 e. The molecule has 1 aliphatic rings. The van der Waals surface area contributed by atoms with Gasteiger partial charge in [-0.3, -0.25) is 14.5 Å². The summed E-state index contributed by atoms with van der Waals surface area (Å²) in [5.41, 5.74) is 3.38. The van der Waals surface area contributed by atoms with Gasteiger partial charge in [0.15, 0.2) is 5.82 Å². The van der Waals surface area contributed by atoms with Crippen LogP contribution in [0, 0.1) is 0 Å². The maximum absolute atomic E-state index is 12.4. The summed E-state index contributed by atoms with van der Waals surface area (Å²) in [4.78, 5) is 31.0. The number of carbonyl (C=O) groups excluding carboxylic acids is 2. The van der Waals surface area contributed by atoms with Gasteiger partial charge < -0.3 is 15.2 Å². The summed E-state index contributed by atoms with van der Waals surface area (Å²) >= 11 is 0. The fraction of sp³-hybridized carbons (Fsp3) is 0.304. The molecule has 31 heavy (non-hydrogen) atoms. The summed E-state index contributed by atoms with van der Waals surface area (Å²) in [6.07, 6.45) is 0.663. The molecule has 4 rings (SSSR count). The molecule has 1 atom stereocenters. The Balaban J connectivity index is 1.38. The molecule has 0 aliphatic carbocycles. The summed E-state index contributed by atoms with van der Waals surface area (Å²) in [6, 6.07) is 17.5. The van der Waals surface area contributed by atoms with Crippen molar-refractivity contribution >= 4 is 11.8 Å². The first-order valence-corrected chi connectivity index (χ1v) is 10.3. The van der Waals surface area contributed by atoms with Gasteiger partial charge in [0.1, 0.15) is 0 Å². The molecule has 0 radical (unpaired) electrons. The van der Waals surface area contributed by atoms with Crippen molar-refractivity contribution in [1.82, 2.24) is 25.7 Å². The molecule has 2 N–H and O–H groups in total. The second-order valence-electron chi connectivity index (χ2n) is 7.55. The fourth-order valence-corrected chi connectivity index (χ4v) is 3.77. The van der Waals surface area contributed by atoms with Crippen LogP contribution < -0.4 is 10.6 Å². The van der Waals surface area contributed by atoms with Crippen LogP contribution in [0.5, 0.6) is 0 Å². The SMILES string of the molecule is CNC(=O)[C@H]1Cc2ccccc2CN1Cc1nc(CC(=O)NCc2ccccc2)no1. The van der Waals surface area contributed by atoms with E-state index in [9.17, 15) is 9.59 Å². The van der Waals surface area contributed by atoms with Crippen molar-refractivity contribution in [3.05, 3.63) is 83.0 Å². The molecule has 1 aromatic heterocycles. The highest BCUT2D eigenvalue weighted by atomic mass is 16.5. The lowest BCUT2D eigenvalue weighted by Gasteiger charge is -2.34. The van der Waals surface area contributed by atoms with Crippen molar-refractivity contribution in [2.75, 3.05) is 7.05 Å². The molecule has 0 bridgehead atoms. The van der Waals surface area contributed by atoms with E-state index in [1.807, 2.05) is 47.4 Å². The lowest BCUT2D eigenvalue weighted by atomic mass is 9.93. The number of hydrogen-bond donors (Lipinski definition) is 2. The average molecular weight is 419 g/mol. The molecule has 0 saturated heterocycles. The zero-order chi connectivity index (χ0) is 21.6. The molecule has 2 aromatic carbocycles. The number of carbonyl (C=O) groups is 2. The van der Waals surface area contributed by atoms with Crippen molar-refractivity contribution in [3.8, 4) is 0 Å². The van der Waals surface area contributed by atoms with Crippen LogP contribution in [0.2, 0.25) is 0 Å². The second kappa shape index (κ2) is 9.53. The largest absolute Gasteiger partial charge is 0.358 e. The molecule has 0 unspecified atom stereocenters. The van der Waals surface area contributed by atoms with E-state index in [4.69, 9.17) is 4.52 Å². The van der Waals surface area contributed by atoms with Crippen LogP contribution in [0.1, 0.15) is 28.4 Å². The molecule has 0 fully saturated rings. The summed E-state index contributed by atoms with van der Waals surface area (Å²) < 4.78 is 5.37. The summed E-state index contributed by atoms with van der Waals surface area (Å²) in [5.74, 6) is 0.495. The standard InChI is InChI=1S/C23H25N5O3/c1-24-23(30)19-11-17-9-5-6-10-18(17)14-28(19)15-22-26-20(27-31-22)12-21(29)25-13-16-7-3-2-4-8-16/h2-10,19H,11-15H2,1H3,(H,24,30)(H,25,29)/t19-/m1/s1. The number of fused-ring (bicyclic) bond motifs is 1. The van der Waals surface area contributed by atoms with Crippen molar-refractivity contribution in [1.29, 1.82) is 0 Å². The molecule has 8 heteroatoms. The van der Waals surface area contributed by atoms with Crippen LogP contribution in [0.3, 0.4) is 0 Å². The molecule has 2 heterocycles. The van der Waals surface area contributed by atoms with E-state index >= 15 is 0 Å². The van der Waals surface area contributed by atoms with Gasteiger partial charge in [0, 0.05) is 20.1 Å². The third-order valence-corrected chi connectivity index (χ3v) is 5.39. The van der Waals surface area contributed by atoms with E-state index in [1.54, 1.807) is 7.05 Å². The monoisotopic (exact) mass is 419 g/mol. The van der Waals surface area contributed by atoms with E-state index in [2.05, 4.69) is 32.9 Å². The molecule has 2 amide bonds. The Morgan fingerprint density at radius 2 is 1.84 bits per heavy atom. The molecule has 0 spiro atoms. The predicted octanol–water partition coefficient (Wildman–Crippen LogP) is 1.60. The van der Waals surface area contributed by atoms with Crippen molar-refractivity contribution in [2.45, 2.75) is 38.5 Å². The maximum atomic E-state index is 12.4. The Bertz CT molecular complexity index is 1050. The average Bonchev–Trinajstić information content (AvgIpc) is 3.24. The van der Waals surface area contributed by atoms with E-state index in [1.165, 1.54) is 11.1 Å². The number of likely N-dealkylation sites (N-methyl/N-ethyl adjacent to an activating group) is 1. The van der Waals surface area contributed by atoms with Crippen LogP contribution >= 0.6 is 0 Å². The smallest absolute Gasteiger partial charge is 0.240 e. The minimum absolute atomic E-state index is 0.0397. The maximum Gasteiger partial charge on any atom is 0.240 e. The Morgan fingerprint density at radius 3 is 2.61 bits per heavy atom. The van der Waals surface area contributed by atoms with E-state index < -0.39 is 0 Å². The predicted molar refractivity (Wildman–Crippen MR) is 114 cm³/mol. The fourth-order valence-electron chi connectivity index (χ4n) is 3.77. The third kappa shape index (κ3) is 5.16. The number of hydrogen-bond acceptors (Lipinski definition) is 6. The number of benzene rings is 2. The summed E-state index contributed by atoms with van der Waals surface area (Å²) in [5, 5.41) is 9.53. The number of rotatable bonds is 7. The summed E-state index contributed by atoms with van der Waals surface area (Å²) in [7, 11) is 1.64. The van der Waals surface area contributed by atoms with Crippen LogP contribution in [0.15, 0.2) is 59.1 Å². The van der Waals surface area contributed by atoms with Gasteiger partial charge in [-0.15, -0.1) is 0 Å². The quantitative estimate of drug-likeness (QED) is 0.603. The van der Waals surface area contributed by atoms with Gasteiger partial charge in [-0.2, -0.15) is 4.98 Å². The highest BCUT2D eigenvalue weighted by Gasteiger charge is 2.32. The van der Waals surface area contributed by atoms with Gasteiger partial charge in [0.05, 0.1) is 19.0 Å². The zero-order valence-electron chi connectivity index (χ0n) is 17.4. The summed E-state index contributed by atoms with van der Waals surface area (Å²) in [6.45, 7) is 1.40. The van der Waals surface area contributed by atoms with Gasteiger partial charge in [-0.1, -0.05) is 59.8 Å². The number of amides is 2. The second-order valence-corrected chi connectivity index (χ2v) is 7.55. The molecule has 1 aliphatic heterocycles. The van der Waals surface area contributed by atoms with Crippen molar-refractivity contribution in [2.24, 2.45) is 0 Å². The molecule has 8 nitrogen and oxygen atoms in total. The Hall–Kier alpha value is -3.52. The van der Waals surface area contributed by atoms with Crippen LogP contribution in [-0.4, -0.2) is 39.9 Å². The number of nitrogens with one attached hydrogen (secondary N) is 2.